The summed E-state index contributed by atoms with van der Waals surface area (Å²) in [6, 6.07) is 9.13. The summed E-state index contributed by atoms with van der Waals surface area (Å²) in [4.78, 5) is 25.5. The summed E-state index contributed by atoms with van der Waals surface area (Å²) in [6.07, 6.45) is 0. The summed E-state index contributed by atoms with van der Waals surface area (Å²) in [5.74, 6) is 0.986. The van der Waals surface area contributed by atoms with Crippen molar-refractivity contribution in [1.29, 1.82) is 0 Å². The molecule has 150 valence electrons. The first-order chi connectivity index (χ1) is 13.9. The summed E-state index contributed by atoms with van der Waals surface area (Å²) in [5, 5.41) is 11.6. The molecule has 0 saturated heterocycles. The summed E-state index contributed by atoms with van der Waals surface area (Å²) in [7, 11) is 0. The molecule has 0 fully saturated rings. The fourth-order valence-electron chi connectivity index (χ4n) is 3.14. The van der Waals surface area contributed by atoms with Crippen LogP contribution in [0.2, 0.25) is 5.02 Å². The molecule has 3 aromatic rings. The van der Waals surface area contributed by atoms with Crippen LogP contribution in [0.15, 0.2) is 41.2 Å². The van der Waals surface area contributed by atoms with Gasteiger partial charge in [0.05, 0.1) is 11.4 Å². The zero-order chi connectivity index (χ0) is 20.5. The second kappa shape index (κ2) is 7.71. The highest BCUT2D eigenvalue weighted by atomic mass is 35.5. The van der Waals surface area contributed by atoms with Crippen molar-refractivity contribution in [2.75, 3.05) is 13.2 Å². The molecule has 2 unspecified atom stereocenters. The third-order valence-corrected chi connectivity index (χ3v) is 5.05. The van der Waals surface area contributed by atoms with E-state index in [4.69, 9.17) is 21.1 Å². The van der Waals surface area contributed by atoms with Gasteiger partial charge in [0.2, 0.25) is 5.91 Å². The SMILES string of the molecule is CC(NC(=O)C(C)n1nnc2cc(Cl)ccc2c1=O)c1ccc2c(c1)OCCO2. The van der Waals surface area contributed by atoms with Crippen LogP contribution in [0.1, 0.15) is 31.5 Å². The predicted octanol–water partition coefficient (Wildman–Crippen LogP) is 2.65. The van der Waals surface area contributed by atoms with E-state index < -0.39 is 11.6 Å². The van der Waals surface area contributed by atoms with E-state index in [1.807, 2.05) is 25.1 Å². The van der Waals surface area contributed by atoms with E-state index in [1.165, 1.54) is 0 Å². The smallest absolute Gasteiger partial charge is 0.278 e. The average molecular weight is 415 g/mol. The van der Waals surface area contributed by atoms with Gasteiger partial charge in [0.25, 0.3) is 5.56 Å². The molecule has 0 spiro atoms. The maximum Gasteiger partial charge on any atom is 0.278 e. The van der Waals surface area contributed by atoms with Crippen LogP contribution < -0.4 is 20.3 Å². The third kappa shape index (κ3) is 3.75. The minimum Gasteiger partial charge on any atom is -0.486 e. The highest BCUT2D eigenvalue weighted by Crippen LogP contribution is 2.32. The molecule has 8 nitrogen and oxygen atoms in total. The van der Waals surface area contributed by atoms with Gasteiger partial charge in [0, 0.05) is 5.02 Å². The fourth-order valence-corrected chi connectivity index (χ4v) is 3.31. The number of nitrogens with zero attached hydrogens (tertiary/aromatic N) is 3. The Bertz CT molecular complexity index is 1150. The first-order valence-corrected chi connectivity index (χ1v) is 9.56. The van der Waals surface area contributed by atoms with E-state index in [1.54, 1.807) is 25.1 Å². The molecule has 1 aliphatic rings. The topological polar surface area (TPSA) is 95.3 Å². The number of amides is 1. The number of rotatable bonds is 4. The Kier molecular flexibility index (Phi) is 5.10. The Morgan fingerprint density at radius 3 is 2.69 bits per heavy atom. The van der Waals surface area contributed by atoms with Gasteiger partial charge in [0.15, 0.2) is 11.5 Å². The molecule has 2 atom stereocenters. The molecule has 2 aromatic carbocycles. The van der Waals surface area contributed by atoms with Crippen molar-refractivity contribution < 1.29 is 14.3 Å². The second-order valence-electron chi connectivity index (χ2n) is 6.81. The lowest BCUT2D eigenvalue weighted by Crippen LogP contribution is -2.38. The summed E-state index contributed by atoms with van der Waals surface area (Å²) in [5.41, 5.74) is 0.846. The lowest BCUT2D eigenvalue weighted by atomic mass is 10.1. The number of carbonyl (C=O) groups is 1. The second-order valence-corrected chi connectivity index (χ2v) is 7.25. The molecule has 9 heteroatoms. The Hall–Kier alpha value is -3.13. The van der Waals surface area contributed by atoms with Crippen molar-refractivity contribution in [3.63, 3.8) is 0 Å². The third-order valence-electron chi connectivity index (χ3n) is 4.82. The minimum atomic E-state index is -0.838. The summed E-state index contributed by atoms with van der Waals surface area (Å²) in [6.45, 7) is 4.46. The fraction of sp³-hybridized carbons (Fsp3) is 0.300. The number of hydrogen-bond donors (Lipinski definition) is 1. The zero-order valence-electron chi connectivity index (χ0n) is 15.9. The normalized spacial score (nSPS) is 15.0. The largest absolute Gasteiger partial charge is 0.486 e. The monoisotopic (exact) mass is 414 g/mol. The van der Waals surface area contributed by atoms with Gasteiger partial charge in [-0.25, -0.2) is 0 Å². The number of nitrogens with one attached hydrogen (secondary N) is 1. The molecule has 29 heavy (non-hydrogen) atoms. The van der Waals surface area contributed by atoms with Crippen molar-refractivity contribution in [2.24, 2.45) is 0 Å². The van der Waals surface area contributed by atoms with Crippen LogP contribution in [-0.4, -0.2) is 34.1 Å². The van der Waals surface area contributed by atoms with E-state index in [2.05, 4.69) is 15.6 Å². The molecule has 1 N–H and O–H groups in total. The van der Waals surface area contributed by atoms with Crippen LogP contribution in [0.3, 0.4) is 0 Å². The van der Waals surface area contributed by atoms with Crippen molar-refractivity contribution in [2.45, 2.75) is 25.9 Å². The van der Waals surface area contributed by atoms with E-state index in [9.17, 15) is 9.59 Å². The van der Waals surface area contributed by atoms with Gasteiger partial charge in [0.1, 0.15) is 24.8 Å². The Balaban J connectivity index is 1.54. The van der Waals surface area contributed by atoms with Crippen LogP contribution in [0, 0.1) is 0 Å². The molecular formula is C20H19ClN4O4. The van der Waals surface area contributed by atoms with Crippen LogP contribution in [0.4, 0.5) is 0 Å². The zero-order valence-corrected chi connectivity index (χ0v) is 16.6. The number of hydrogen-bond acceptors (Lipinski definition) is 6. The van der Waals surface area contributed by atoms with Gasteiger partial charge in [-0.15, -0.1) is 5.10 Å². The first-order valence-electron chi connectivity index (χ1n) is 9.19. The number of ether oxygens (including phenoxy) is 2. The molecule has 1 aromatic heterocycles. The van der Waals surface area contributed by atoms with Gasteiger partial charge in [-0.1, -0.05) is 22.9 Å². The number of carbonyl (C=O) groups excluding carboxylic acids is 1. The quantitative estimate of drug-likeness (QED) is 0.705. The molecule has 1 aliphatic heterocycles. The van der Waals surface area contributed by atoms with Gasteiger partial charge in [-0.3, -0.25) is 9.59 Å². The number of fused-ring (bicyclic) bond motifs is 2. The van der Waals surface area contributed by atoms with E-state index >= 15 is 0 Å². The number of halogens is 1. The highest BCUT2D eigenvalue weighted by Gasteiger charge is 2.22. The number of aromatic nitrogens is 3. The first kappa shape index (κ1) is 19.2. The summed E-state index contributed by atoms with van der Waals surface area (Å²) >= 11 is 5.93. The van der Waals surface area contributed by atoms with Crippen LogP contribution >= 0.6 is 11.6 Å². The molecule has 4 rings (SSSR count). The Morgan fingerprint density at radius 2 is 1.90 bits per heavy atom. The van der Waals surface area contributed by atoms with Gasteiger partial charge in [-0.2, -0.15) is 4.68 Å². The van der Waals surface area contributed by atoms with Gasteiger partial charge < -0.3 is 14.8 Å². The molecule has 2 heterocycles. The lowest BCUT2D eigenvalue weighted by Gasteiger charge is -2.22. The van der Waals surface area contributed by atoms with Crippen molar-refractivity contribution in [1.82, 2.24) is 20.3 Å². The van der Waals surface area contributed by atoms with Gasteiger partial charge >= 0.3 is 0 Å². The summed E-state index contributed by atoms with van der Waals surface area (Å²) < 4.78 is 12.2. The van der Waals surface area contributed by atoms with E-state index in [-0.39, 0.29) is 11.9 Å². The molecule has 0 bridgehead atoms. The maximum absolute atomic E-state index is 12.7. The van der Waals surface area contributed by atoms with Crippen molar-refractivity contribution in [3.05, 3.63) is 57.3 Å². The average Bonchev–Trinajstić information content (AvgIpc) is 2.73. The van der Waals surface area contributed by atoms with Crippen molar-refractivity contribution in [3.8, 4) is 11.5 Å². The molecule has 1 amide bonds. The highest BCUT2D eigenvalue weighted by molar-refractivity contribution is 6.31. The minimum absolute atomic E-state index is 0.302. The van der Waals surface area contributed by atoms with Crippen LogP contribution in [0.5, 0.6) is 11.5 Å². The Labute approximate surface area is 171 Å². The standard InChI is InChI=1S/C20H19ClN4O4/c1-11(13-3-6-17-18(9-13)29-8-7-28-17)22-19(26)12(2)25-20(27)15-5-4-14(21)10-16(15)23-24-25/h3-6,9-12H,7-8H2,1-2H3,(H,22,26). The van der Waals surface area contributed by atoms with E-state index in [0.717, 1.165) is 10.2 Å². The lowest BCUT2D eigenvalue weighted by molar-refractivity contribution is -0.124. The predicted molar refractivity (Wildman–Crippen MR) is 108 cm³/mol. The van der Waals surface area contributed by atoms with Crippen LogP contribution in [-0.2, 0) is 4.79 Å². The maximum atomic E-state index is 12.7. The van der Waals surface area contributed by atoms with E-state index in [0.29, 0.717) is 40.6 Å². The van der Waals surface area contributed by atoms with Crippen molar-refractivity contribution >= 4 is 28.4 Å². The molecule has 0 aliphatic carbocycles. The molecule has 0 saturated carbocycles. The molecule has 0 radical (unpaired) electrons. The van der Waals surface area contributed by atoms with Crippen LogP contribution in [0.25, 0.3) is 10.9 Å². The molecular weight excluding hydrogens is 396 g/mol. The van der Waals surface area contributed by atoms with Gasteiger partial charge in [-0.05, 0) is 49.7 Å². The number of benzene rings is 2. The Morgan fingerprint density at radius 1 is 1.14 bits per heavy atom.